The third-order valence-electron chi connectivity index (χ3n) is 4.29. The van der Waals surface area contributed by atoms with E-state index in [1.807, 2.05) is 25.1 Å². The van der Waals surface area contributed by atoms with E-state index in [1.165, 1.54) is 23.9 Å². The fraction of sp³-hybridized carbons (Fsp3) is 0.150. The molecule has 0 atom stereocenters. The molecule has 0 fully saturated rings. The number of rotatable bonds is 4. The minimum Gasteiger partial charge on any atom is -0.423 e. The van der Waals surface area contributed by atoms with Crippen LogP contribution in [0.5, 0.6) is 0 Å². The van der Waals surface area contributed by atoms with Crippen LogP contribution in [0.15, 0.2) is 62.9 Å². The van der Waals surface area contributed by atoms with Gasteiger partial charge < -0.3 is 8.98 Å². The molecule has 2 aromatic heterocycles. The van der Waals surface area contributed by atoms with Crippen molar-refractivity contribution in [2.45, 2.75) is 17.8 Å². The van der Waals surface area contributed by atoms with Gasteiger partial charge in [-0.05, 0) is 36.2 Å². The van der Waals surface area contributed by atoms with Crippen LogP contribution in [0.3, 0.4) is 0 Å². The summed E-state index contributed by atoms with van der Waals surface area (Å²) in [5.74, 6) is 0.643. The van der Waals surface area contributed by atoms with Crippen LogP contribution in [-0.2, 0) is 12.8 Å². The molecule has 4 aromatic rings. The van der Waals surface area contributed by atoms with Gasteiger partial charge in [-0.1, -0.05) is 36.0 Å². The molecule has 0 saturated carbocycles. The maximum Gasteiger partial charge on any atom is 0.336 e. The number of nitrogens with zero attached hydrogens (tertiary/aromatic N) is 3. The van der Waals surface area contributed by atoms with E-state index in [0.29, 0.717) is 27.9 Å². The Morgan fingerprint density at radius 2 is 1.96 bits per heavy atom. The van der Waals surface area contributed by atoms with Gasteiger partial charge in [-0.25, -0.2) is 9.18 Å². The van der Waals surface area contributed by atoms with Crippen molar-refractivity contribution in [1.82, 2.24) is 14.8 Å². The van der Waals surface area contributed by atoms with Gasteiger partial charge in [-0.15, -0.1) is 10.2 Å². The fourth-order valence-corrected chi connectivity index (χ4v) is 3.82. The summed E-state index contributed by atoms with van der Waals surface area (Å²) in [6.45, 7) is 1.95. The lowest BCUT2D eigenvalue weighted by Crippen LogP contribution is -2.01. The number of aryl methyl sites for hydroxylation is 1. The van der Waals surface area contributed by atoms with Gasteiger partial charge in [0, 0.05) is 24.3 Å². The highest BCUT2D eigenvalue weighted by molar-refractivity contribution is 7.98. The molecule has 5 nitrogen and oxygen atoms in total. The maximum atomic E-state index is 14.0. The van der Waals surface area contributed by atoms with Crippen LogP contribution >= 0.6 is 11.8 Å². The van der Waals surface area contributed by atoms with Gasteiger partial charge in [0.1, 0.15) is 11.4 Å². The standard InChI is InChI=1S/C20H16FN3O2S/c1-12-7-8-14-13(10-18(25)26-17(14)9-12)11-27-20-23-22-19(24(20)2)15-5-3-4-6-16(15)21/h3-10H,11H2,1-2H3. The molecule has 0 saturated heterocycles. The van der Waals surface area contributed by atoms with Crippen LogP contribution in [0, 0.1) is 12.7 Å². The largest absolute Gasteiger partial charge is 0.423 e. The van der Waals surface area contributed by atoms with Gasteiger partial charge >= 0.3 is 5.63 Å². The van der Waals surface area contributed by atoms with Gasteiger partial charge in [-0.3, -0.25) is 0 Å². The minimum absolute atomic E-state index is 0.341. The first kappa shape index (κ1) is 17.5. The molecule has 0 amide bonds. The van der Waals surface area contributed by atoms with Gasteiger partial charge in [0.15, 0.2) is 11.0 Å². The zero-order chi connectivity index (χ0) is 19.0. The molecule has 0 radical (unpaired) electrons. The summed E-state index contributed by atoms with van der Waals surface area (Å²) in [5.41, 5.74) is 2.48. The second-order valence-electron chi connectivity index (χ2n) is 6.22. The molecule has 0 aliphatic rings. The Morgan fingerprint density at radius 1 is 1.15 bits per heavy atom. The topological polar surface area (TPSA) is 60.9 Å². The van der Waals surface area contributed by atoms with Gasteiger partial charge in [0.2, 0.25) is 0 Å². The molecule has 0 unspecified atom stereocenters. The third kappa shape index (κ3) is 3.38. The van der Waals surface area contributed by atoms with E-state index in [0.717, 1.165) is 16.5 Å². The van der Waals surface area contributed by atoms with E-state index in [9.17, 15) is 9.18 Å². The maximum absolute atomic E-state index is 14.0. The predicted octanol–water partition coefficient (Wildman–Crippen LogP) is 4.33. The Morgan fingerprint density at radius 3 is 2.78 bits per heavy atom. The Hall–Kier alpha value is -2.93. The summed E-state index contributed by atoms with van der Waals surface area (Å²) in [6, 6.07) is 13.7. The second kappa shape index (κ2) is 7.00. The van der Waals surface area contributed by atoms with E-state index in [-0.39, 0.29) is 11.4 Å². The van der Waals surface area contributed by atoms with Crippen LogP contribution in [0.25, 0.3) is 22.4 Å². The lowest BCUT2D eigenvalue weighted by molar-refractivity contribution is 0.559. The molecule has 7 heteroatoms. The third-order valence-corrected chi connectivity index (χ3v) is 5.36. The Kier molecular flexibility index (Phi) is 4.53. The lowest BCUT2D eigenvalue weighted by Gasteiger charge is -2.07. The van der Waals surface area contributed by atoms with E-state index in [2.05, 4.69) is 10.2 Å². The van der Waals surface area contributed by atoms with Crippen molar-refractivity contribution in [2.24, 2.45) is 7.05 Å². The fourth-order valence-electron chi connectivity index (χ4n) is 2.92. The second-order valence-corrected chi connectivity index (χ2v) is 7.17. The highest BCUT2D eigenvalue weighted by atomic mass is 32.2. The van der Waals surface area contributed by atoms with E-state index < -0.39 is 0 Å². The van der Waals surface area contributed by atoms with Gasteiger partial charge in [0.05, 0.1) is 5.56 Å². The average Bonchev–Trinajstić information content (AvgIpc) is 3.00. The molecule has 136 valence electrons. The smallest absolute Gasteiger partial charge is 0.336 e. The lowest BCUT2D eigenvalue weighted by atomic mass is 10.1. The summed E-state index contributed by atoms with van der Waals surface area (Å²) in [4.78, 5) is 11.9. The van der Waals surface area contributed by atoms with Crippen molar-refractivity contribution in [3.05, 3.63) is 75.9 Å². The number of fused-ring (bicyclic) bond motifs is 1. The highest BCUT2D eigenvalue weighted by Crippen LogP contribution is 2.28. The molecule has 0 aliphatic heterocycles. The zero-order valence-corrected chi connectivity index (χ0v) is 15.6. The van der Waals surface area contributed by atoms with Crippen LogP contribution in [0.1, 0.15) is 11.1 Å². The van der Waals surface area contributed by atoms with Gasteiger partial charge in [0.25, 0.3) is 0 Å². The summed E-state index contributed by atoms with van der Waals surface area (Å²) in [7, 11) is 1.80. The Balaban J connectivity index is 1.65. The molecule has 0 bridgehead atoms. The van der Waals surface area contributed by atoms with Crippen molar-refractivity contribution >= 4 is 22.7 Å². The highest BCUT2D eigenvalue weighted by Gasteiger charge is 2.15. The Labute approximate surface area is 158 Å². The van der Waals surface area contributed by atoms with Gasteiger partial charge in [-0.2, -0.15) is 0 Å². The first-order valence-corrected chi connectivity index (χ1v) is 9.32. The Bertz CT molecular complexity index is 1200. The van der Waals surface area contributed by atoms with Crippen LogP contribution < -0.4 is 5.63 Å². The summed E-state index contributed by atoms with van der Waals surface area (Å²) >= 11 is 1.44. The summed E-state index contributed by atoms with van der Waals surface area (Å²) in [5, 5.41) is 9.83. The molecule has 0 aliphatic carbocycles. The predicted molar refractivity (Wildman–Crippen MR) is 103 cm³/mol. The number of hydrogen-bond donors (Lipinski definition) is 0. The van der Waals surface area contributed by atoms with Crippen molar-refractivity contribution in [3.8, 4) is 11.4 Å². The summed E-state index contributed by atoms with van der Waals surface area (Å²) < 4.78 is 21.1. The molecule has 4 rings (SSSR count). The number of halogens is 1. The van der Waals surface area contributed by atoms with Crippen LogP contribution in [-0.4, -0.2) is 14.8 Å². The number of hydrogen-bond acceptors (Lipinski definition) is 5. The quantitative estimate of drug-likeness (QED) is 0.389. The molecule has 0 spiro atoms. The van der Waals surface area contributed by atoms with E-state index in [1.54, 1.807) is 29.8 Å². The molecule has 0 N–H and O–H groups in total. The summed E-state index contributed by atoms with van der Waals surface area (Å²) in [6.07, 6.45) is 0. The molecular formula is C20H16FN3O2S. The first-order chi connectivity index (χ1) is 13.0. The number of benzene rings is 2. The number of thioether (sulfide) groups is 1. The zero-order valence-electron chi connectivity index (χ0n) is 14.8. The van der Waals surface area contributed by atoms with E-state index in [4.69, 9.17) is 4.42 Å². The SMILES string of the molecule is Cc1ccc2c(CSc3nnc(-c4ccccc4F)n3C)cc(=O)oc2c1. The van der Waals surface area contributed by atoms with Crippen molar-refractivity contribution < 1.29 is 8.81 Å². The molecular weight excluding hydrogens is 365 g/mol. The normalized spacial score (nSPS) is 11.2. The number of aromatic nitrogens is 3. The molecule has 27 heavy (non-hydrogen) atoms. The van der Waals surface area contributed by atoms with Crippen molar-refractivity contribution in [1.29, 1.82) is 0 Å². The monoisotopic (exact) mass is 381 g/mol. The van der Waals surface area contributed by atoms with E-state index >= 15 is 0 Å². The van der Waals surface area contributed by atoms with Crippen LogP contribution in [0.2, 0.25) is 0 Å². The minimum atomic E-state index is -0.381. The first-order valence-electron chi connectivity index (χ1n) is 8.33. The molecule has 2 aromatic carbocycles. The average molecular weight is 381 g/mol. The molecule has 2 heterocycles. The van der Waals surface area contributed by atoms with Crippen molar-refractivity contribution in [2.75, 3.05) is 0 Å². The van der Waals surface area contributed by atoms with Crippen molar-refractivity contribution in [3.63, 3.8) is 0 Å². The van der Waals surface area contributed by atoms with Crippen LogP contribution in [0.4, 0.5) is 4.39 Å².